The summed E-state index contributed by atoms with van der Waals surface area (Å²) < 4.78 is 38.0. The van der Waals surface area contributed by atoms with E-state index in [4.69, 9.17) is 4.98 Å². The standard InChI is InChI=1S/C26H35FN8O3S/c1-15(2)23-18-8-22(32-24-30-14-31-25(33-24)34-7-6-26(4,36)21(27)12-34)28-9-19(18)20(10-29-23)35-11-17(16(35)3)13-39(5,37)38/h8-10,14-17,21,36H,6-7,11-13H2,1-5H3,(H,28,30,31,32,33)/t16-,17-,21+,26-/m1/s1. The Morgan fingerprint density at radius 1 is 1.18 bits per heavy atom. The Hall–Kier alpha value is -3.19. The largest absolute Gasteiger partial charge is 0.387 e. The smallest absolute Gasteiger partial charge is 0.233 e. The number of anilines is 4. The fourth-order valence-corrected chi connectivity index (χ4v) is 6.44. The average Bonchev–Trinajstić information content (AvgIpc) is 2.86. The first kappa shape index (κ1) is 27.4. The highest BCUT2D eigenvalue weighted by Gasteiger charge is 2.39. The van der Waals surface area contributed by atoms with Gasteiger partial charge in [0.15, 0.2) is 0 Å². The summed E-state index contributed by atoms with van der Waals surface area (Å²) in [5.74, 6) is 1.53. The molecule has 0 amide bonds. The maximum Gasteiger partial charge on any atom is 0.233 e. The molecular formula is C26H35FN8O3S. The first-order valence-electron chi connectivity index (χ1n) is 13.1. The molecule has 0 aliphatic carbocycles. The number of hydrogen-bond donors (Lipinski definition) is 2. The van der Waals surface area contributed by atoms with Crippen molar-refractivity contribution in [3.05, 3.63) is 30.5 Å². The van der Waals surface area contributed by atoms with Crippen LogP contribution < -0.4 is 15.1 Å². The summed E-state index contributed by atoms with van der Waals surface area (Å²) in [5.41, 5.74) is 0.490. The summed E-state index contributed by atoms with van der Waals surface area (Å²) in [6.45, 7) is 8.77. The third-order valence-electron chi connectivity index (χ3n) is 7.79. The normalized spacial score (nSPS) is 25.7. The second kappa shape index (κ2) is 10.1. The van der Waals surface area contributed by atoms with Gasteiger partial charge in [0.25, 0.3) is 0 Å². The number of halogens is 1. The minimum absolute atomic E-state index is 0.00314. The molecule has 0 unspecified atom stereocenters. The summed E-state index contributed by atoms with van der Waals surface area (Å²) in [7, 11) is -3.05. The molecule has 5 rings (SSSR count). The van der Waals surface area contributed by atoms with Crippen molar-refractivity contribution in [2.75, 3.05) is 46.8 Å². The molecule has 39 heavy (non-hydrogen) atoms. The SMILES string of the molecule is CC(C)c1ncc(N2C[C@H](CS(C)(=O)=O)[C@H]2C)c2cnc(Nc3ncnc(N4CC[C@@](C)(O)[C@@H](F)C4)n3)cc12. The Morgan fingerprint density at radius 3 is 2.62 bits per heavy atom. The summed E-state index contributed by atoms with van der Waals surface area (Å²) in [5, 5.41) is 15.2. The number of fused-ring (bicyclic) bond motifs is 1. The Morgan fingerprint density at radius 2 is 1.95 bits per heavy atom. The third kappa shape index (κ3) is 5.60. The van der Waals surface area contributed by atoms with Crippen LogP contribution in [0.25, 0.3) is 10.8 Å². The molecule has 2 N–H and O–H groups in total. The summed E-state index contributed by atoms with van der Waals surface area (Å²) in [4.78, 5) is 26.1. The van der Waals surface area contributed by atoms with E-state index in [2.05, 4.69) is 44.0 Å². The first-order valence-corrected chi connectivity index (χ1v) is 15.2. The van der Waals surface area contributed by atoms with Crippen molar-refractivity contribution in [3.8, 4) is 0 Å². The zero-order valence-electron chi connectivity index (χ0n) is 22.8. The van der Waals surface area contributed by atoms with Crippen LogP contribution in [0.2, 0.25) is 0 Å². The maximum atomic E-state index is 14.4. The van der Waals surface area contributed by atoms with Crippen LogP contribution in [-0.2, 0) is 9.84 Å². The highest BCUT2D eigenvalue weighted by molar-refractivity contribution is 7.90. The van der Waals surface area contributed by atoms with Crippen molar-refractivity contribution in [2.24, 2.45) is 5.92 Å². The van der Waals surface area contributed by atoms with Gasteiger partial charge in [-0.25, -0.2) is 27.8 Å². The van der Waals surface area contributed by atoms with E-state index in [1.54, 1.807) is 11.1 Å². The number of aliphatic hydroxyl groups is 1. The summed E-state index contributed by atoms with van der Waals surface area (Å²) in [6, 6.07) is 1.98. The number of nitrogens with one attached hydrogen (secondary N) is 1. The van der Waals surface area contributed by atoms with Gasteiger partial charge in [0, 0.05) is 48.3 Å². The third-order valence-corrected chi connectivity index (χ3v) is 8.82. The van der Waals surface area contributed by atoms with Gasteiger partial charge in [-0.3, -0.25) is 4.98 Å². The molecule has 2 saturated heterocycles. The van der Waals surface area contributed by atoms with Crippen LogP contribution in [0.1, 0.15) is 45.7 Å². The number of nitrogens with zero attached hydrogens (tertiary/aromatic N) is 7. The van der Waals surface area contributed by atoms with Crippen LogP contribution in [0.3, 0.4) is 0 Å². The molecule has 0 bridgehead atoms. The zero-order valence-corrected chi connectivity index (χ0v) is 23.7. The number of hydrogen-bond acceptors (Lipinski definition) is 11. The lowest BCUT2D eigenvalue weighted by Gasteiger charge is -2.48. The second-order valence-electron chi connectivity index (χ2n) is 11.3. The first-order chi connectivity index (χ1) is 18.3. The van der Waals surface area contributed by atoms with E-state index >= 15 is 0 Å². The molecule has 0 saturated carbocycles. The van der Waals surface area contributed by atoms with E-state index in [-0.39, 0.29) is 42.5 Å². The van der Waals surface area contributed by atoms with E-state index in [1.807, 2.05) is 19.2 Å². The fraction of sp³-hybridized carbons (Fsp3) is 0.577. The number of pyridine rings is 2. The van der Waals surface area contributed by atoms with Crippen molar-refractivity contribution in [1.29, 1.82) is 0 Å². The molecular weight excluding hydrogens is 523 g/mol. The Kier molecular flexibility index (Phi) is 7.08. The fourth-order valence-electron chi connectivity index (χ4n) is 5.28. The molecule has 5 heterocycles. The molecule has 11 nitrogen and oxygen atoms in total. The minimum atomic E-state index is -3.05. The van der Waals surface area contributed by atoms with Crippen LogP contribution in [0, 0.1) is 5.92 Å². The van der Waals surface area contributed by atoms with Gasteiger partial charge >= 0.3 is 0 Å². The van der Waals surface area contributed by atoms with Gasteiger partial charge in [-0.15, -0.1) is 0 Å². The molecule has 210 valence electrons. The number of alkyl halides is 1. The van der Waals surface area contributed by atoms with Gasteiger partial charge in [-0.05, 0) is 32.3 Å². The van der Waals surface area contributed by atoms with Gasteiger partial charge in [0.05, 0.1) is 35.5 Å². The Balaban J connectivity index is 1.40. The van der Waals surface area contributed by atoms with Crippen molar-refractivity contribution in [1.82, 2.24) is 24.9 Å². The summed E-state index contributed by atoms with van der Waals surface area (Å²) in [6.07, 6.45) is 5.15. The van der Waals surface area contributed by atoms with Crippen LogP contribution in [0.4, 0.5) is 27.8 Å². The zero-order chi connectivity index (χ0) is 28.1. The molecule has 0 spiro atoms. The van der Waals surface area contributed by atoms with E-state index in [1.165, 1.54) is 19.5 Å². The lowest BCUT2D eigenvalue weighted by atomic mass is 9.90. The highest BCUT2D eigenvalue weighted by atomic mass is 32.2. The number of rotatable bonds is 7. The van der Waals surface area contributed by atoms with Crippen molar-refractivity contribution < 1.29 is 17.9 Å². The van der Waals surface area contributed by atoms with E-state index in [0.29, 0.717) is 24.9 Å². The van der Waals surface area contributed by atoms with E-state index < -0.39 is 21.6 Å². The molecule has 13 heteroatoms. The Bertz CT molecular complexity index is 1490. The molecule has 3 aromatic rings. The number of aromatic nitrogens is 5. The minimum Gasteiger partial charge on any atom is -0.387 e. The van der Waals surface area contributed by atoms with E-state index in [0.717, 1.165) is 22.2 Å². The predicted octanol–water partition coefficient (Wildman–Crippen LogP) is 2.85. The van der Waals surface area contributed by atoms with Gasteiger partial charge in [-0.1, -0.05) is 13.8 Å². The van der Waals surface area contributed by atoms with Crippen molar-refractivity contribution >= 4 is 44.0 Å². The quantitative estimate of drug-likeness (QED) is 0.443. The molecule has 4 atom stereocenters. The van der Waals surface area contributed by atoms with Crippen LogP contribution in [-0.4, -0.2) is 87.9 Å². The molecule has 0 aromatic carbocycles. The van der Waals surface area contributed by atoms with Crippen LogP contribution in [0.15, 0.2) is 24.8 Å². The maximum absolute atomic E-state index is 14.4. The number of sulfone groups is 1. The molecule has 2 aliphatic rings. The lowest BCUT2D eigenvalue weighted by Crippen LogP contribution is -2.57. The lowest BCUT2D eigenvalue weighted by molar-refractivity contribution is -0.0332. The Labute approximate surface area is 227 Å². The molecule has 0 radical (unpaired) electrons. The second-order valence-corrected chi connectivity index (χ2v) is 13.5. The summed E-state index contributed by atoms with van der Waals surface area (Å²) >= 11 is 0. The van der Waals surface area contributed by atoms with Crippen LogP contribution >= 0.6 is 0 Å². The van der Waals surface area contributed by atoms with Crippen molar-refractivity contribution in [3.63, 3.8) is 0 Å². The monoisotopic (exact) mass is 558 g/mol. The number of piperidine rings is 1. The van der Waals surface area contributed by atoms with Gasteiger partial charge in [0.1, 0.15) is 28.2 Å². The molecule has 2 fully saturated rings. The van der Waals surface area contributed by atoms with Gasteiger partial charge in [-0.2, -0.15) is 4.98 Å². The van der Waals surface area contributed by atoms with Crippen molar-refractivity contribution in [2.45, 2.75) is 57.8 Å². The molecule has 3 aromatic heterocycles. The van der Waals surface area contributed by atoms with Crippen LogP contribution in [0.5, 0.6) is 0 Å². The highest BCUT2D eigenvalue weighted by Crippen LogP contribution is 2.38. The van der Waals surface area contributed by atoms with Gasteiger partial charge in [0.2, 0.25) is 11.9 Å². The predicted molar refractivity (Wildman–Crippen MR) is 149 cm³/mol. The topological polar surface area (TPSA) is 137 Å². The van der Waals surface area contributed by atoms with E-state index in [9.17, 15) is 17.9 Å². The molecule has 2 aliphatic heterocycles. The average molecular weight is 559 g/mol. The van der Waals surface area contributed by atoms with Gasteiger partial charge < -0.3 is 20.2 Å².